The minimum Gasteiger partial charge on any atom is -0.480 e. The van der Waals surface area contributed by atoms with Gasteiger partial charge in [-0.2, -0.15) is 0 Å². The smallest absolute Gasteiger partial charge is 0.338 e. The summed E-state index contributed by atoms with van der Waals surface area (Å²) < 4.78 is 47.0. The van der Waals surface area contributed by atoms with E-state index >= 15 is 0 Å². The van der Waals surface area contributed by atoms with Crippen LogP contribution in [0.25, 0.3) is 0 Å². The van der Waals surface area contributed by atoms with E-state index in [1.165, 1.54) is 17.4 Å². The molecule has 2 aliphatic rings. The number of likely N-dealkylation sites (tertiary alicyclic amines) is 1. The number of rotatable bonds is 6. The molecule has 2 aromatic rings. The Bertz CT molecular complexity index is 1250. The molecule has 186 valence electrons. The van der Waals surface area contributed by atoms with Gasteiger partial charge in [0, 0.05) is 40.3 Å². The number of alkyl halides is 2. The van der Waals surface area contributed by atoms with Gasteiger partial charge in [0.15, 0.2) is 10.8 Å². The molecule has 0 radical (unpaired) electrons. The lowest BCUT2D eigenvalue weighted by molar-refractivity contribution is -0.142. The van der Waals surface area contributed by atoms with Crippen LogP contribution < -0.4 is 5.32 Å². The molecule has 4 rings (SSSR count). The second-order valence-corrected chi connectivity index (χ2v) is 9.43. The van der Waals surface area contributed by atoms with Crippen molar-refractivity contribution in [1.29, 1.82) is 0 Å². The number of thiazole rings is 1. The lowest BCUT2D eigenvalue weighted by atomic mass is 9.95. The molecule has 0 unspecified atom stereocenters. The normalized spacial score (nSPS) is 22.1. The number of ether oxygens (including phenoxy) is 1. The van der Waals surface area contributed by atoms with Crippen LogP contribution in [0.5, 0.6) is 0 Å². The van der Waals surface area contributed by atoms with Gasteiger partial charge in [0.2, 0.25) is 0 Å². The fourth-order valence-corrected chi connectivity index (χ4v) is 5.10. The van der Waals surface area contributed by atoms with Gasteiger partial charge in [-0.25, -0.2) is 22.9 Å². The Morgan fingerprint density at radius 1 is 1.40 bits per heavy atom. The molecule has 3 heterocycles. The first-order valence-electron chi connectivity index (χ1n) is 10.4. The zero-order valence-corrected chi connectivity index (χ0v) is 20.1. The molecule has 0 saturated carbocycles. The van der Waals surface area contributed by atoms with Crippen LogP contribution in [0.4, 0.5) is 13.2 Å². The van der Waals surface area contributed by atoms with E-state index < -0.39 is 48.7 Å². The van der Waals surface area contributed by atoms with E-state index in [-0.39, 0.29) is 34.2 Å². The number of carboxylic acid groups (broad SMARTS) is 1. The van der Waals surface area contributed by atoms with Crippen molar-refractivity contribution in [3.8, 4) is 0 Å². The Balaban J connectivity index is 1.85. The number of nitrogens with one attached hydrogen (secondary N) is 1. The Hall–Kier alpha value is -2.96. The maximum atomic E-state index is 14.1. The second kappa shape index (κ2) is 9.59. The largest absolute Gasteiger partial charge is 0.480 e. The molecule has 8 nitrogen and oxygen atoms in total. The number of aliphatic imine (C=N–C) groups is 1. The molecule has 0 spiro atoms. The van der Waals surface area contributed by atoms with Crippen LogP contribution in [0.15, 0.2) is 39.8 Å². The number of hydrogen-bond acceptors (Lipinski definition) is 8. The van der Waals surface area contributed by atoms with Crippen LogP contribution in [0.3, 0.4) is 0 Å². The molecule has 1 saturated heterocycles. The second-order valence-electron chi connectivity index (χ2n) is 8.17. The van der Waals surface area contributed by atoms with Crippen LogP contribution in [-0.4, -0.2) is 64.9 Å². The highest BCUT2D eigenvalue weighted by Crippen LogP contribution is 2.38. The SMILES string of the molecule is COC(=O)C1=C(CN2CC(F)(F)C[C@H]2C(=O)O)NC(c2nc(C)cs2)=N[C@H]1c1ccc(F)cc1Cl. The van der Waals surface area contributed by atoms with Crippen molar-refractivity contribution in [2.75, 3.05) is 20.2 Å². The number of carbonyl (C=O) groups excluding carboxylic acids is 1. The number of esters is 1. The minimum atomic E-state index is -3.22. The zero-order chi connectivity index (χ0) is 25.5. The fourth-order valence-electron chi connectivity index (χ4n) is 4.09. The molecule has 1 aromatic heterocycles. The number of carboxylic acids is 1. The number of carbonyl (C=O) groups is 2. The minimum absolute atomic E-state index is 0.00723. The summed E-state index contributed by atoms with van der Waals surface area (Å²) in [5.74, 6) is -5.81. The van der Waals surface area contributed by atoms with Gasteiger partial charge in [0.25, 0.3) is 5.92 Å². The molecule has 0 bridgehead atoms. The first kappa shape index (κ1) is 25.1. The van der Waals surface area contributed by atoms with E-state index in [4.69, 9.17) is 16.3 Å². The number of nitrogens with zero attached hydrogens (tertiary/aromatic N) is 3. The summed E-state index contributed by atoms with van der Waals surface area (Å²) in [5.41, 5.74) is 1.04. The lowest BCUT2D eigenvalue weighted by Gasteiger charge is -2.30. The molecular formula is C22H20ClF3N4O4S. The average Bonchev–Trinajstić information content (AvgIpc) is 3.35. The Morgan fingerprint density at radius 3 is 2.74 bits per heavy atom. The van der Waals surface area contributed by atoms with E-state index in [2.05, 4.69) is 15.3 Å². The van der Waals surface area contributed by atoms with Gasteiger partial charge in [0.05, 0.1) is 19.2 Å². The summed E-state index contributed by atoms with van der Waals surface area (Å²) in [6.07, 6.45) is -0.858. The summed E-state index contributed by atoms with van der Waals surface area (Å²) in [4.78, 5) is 34.6. The van der Waals surface area contributed by atoms with E-state index in [0.717, 1.165) is 24.1 Å². The van der Waals surface area contributed by atoms with Gasteiger partial charge in [-0.1, -0.05) is 17.7 Å². The Morgan fingerprint density at radius 2 is 2.14 bits per heavy atom. The quantitative estimate of drug-likeness (QED) is 0.552. The van der Waals surface area contributed by atoms with Gasteiger partial charge in [0.1, 0.15) is 17.9 Å². The third-order valence-electron chi connectivity index (χ3n) is 5.62. The molecular weight excluding hydrogens is 509 g/mol. The van der Waals surface area contributed by atoms with Crippen molar-refractivity contribution in [2.45, 2.75) is 31.4 Å². The number of aliphatic carboxylic acids is 1. The van der Waals surface area contributed by atoms with Crippen molar-refractivity contribution < 1.29 is 32.6 Å². The van der Waals surface area contributed by atoms with E-state index in [9.17, 15) is 27.9 Å². The summed E-state index contributed by atoms with van der Waals surface area (Å²) in [6, 6.07) is 1.04. The third-order valence-corrected chi connectivity index (χ3v) is 6.92. The molecule has 13 heteroatoms. The van der Waals surface area contributed by atoms with Crippen LogP contribution in [0.2, 0.25) is 5.02 Å². The Kier molecular flexibility index (Phi) is 6.89. The topological polar surface area (TPSA) is 104 Å². The van der Waals surface area contributed by atoms with Crippen molar-refractivity contribution >= 4 is 40.7 Å². The number of halogens is 4. The van der Waals surface area contributed by atoms with Gasteiger partial charge in [-0.05, 0) is 19.1 Å². The first-order valence-corrected chi connectivity index (χ1v) is 11.6. The van der Waals surface area contributed by atoms with E-state index in [0.29, 0.717) is 10.7 Å². The number of aryl methyl sites for hydroxylation is 1. The monoisotopic (exact) mass is 528 g/mol. The van der Waals surface area contributed by atoms with Crippen LogP contribution in [0.1, 0.15) is 28.7 Å². The van der Waals surface area contributed by atoms with Gasteiger partial charge in [-0.15, -0.1) is 11.3 Å². The summed E-state index contributed by atoms with van der Waals surface area (Å²) in [7, 11) is 1.14. The van der Waals surface area contributed by atoms with Crippen molar-refractivity contribution in [3.05, 3.63) is 62.0 Å². The standard InChI is InChI=1S/C22H20ClF3N4O4S/c1-10-8-35-19(27-10)18-28-14(7-30-9-22(25,26)6-15(30)20(31)32)16(21(33)34-2)17(29-18)12-4-3-11(24)5-13(12)23/h3-5,8,15,17H,6-7,9H2,1-2H3,(H,28,29)(H,31,32)/t15-,17-/m0/s1. The number of aromatic nitrogens is 1. The van der Waals surface area contributed by atoms with E-state index in [1.54, 1.807) is 12.3 Å². The molecule has 2 N–H and O–H groups in total. The van der Waals surface area contributed by atoms with Gasteiger partial charge >= 0.3 is 11.9 Å². The molecule has 1 fully saturated rings. The maximum absolute atomic E-state index is 14.1. The Labute approximate surface area is 207 Å². The summed E-state index contributed by atoms with van der Waals surface area (Å²) in [5, 5.41) is 14.7. The van der Waals surface area contributed by atoms with Crippen molar-refractivity contribution in [3.63, 3.8) is 0 Å². The highest BCUT2D eigenvalue weighted by Gasteiger charge is 2.49. The van der Waals surface area contributed by atoms with Crippen LogP contribution >= 0.6 is 22.9 Å². The molecule has 2 aliphatic heterocycles. The predicted octanol–water partition coefficient (Wildman–Crippen LogP) is 3.56. The third kappa shape index (κ3) is 5.19. The first-order chi connectivity index (χ1) is 16.5. The summed E-state index contributed by atoms with van der Waals surface area (Å²) in [6.45, 7) is 0.627. The highest BCUT2D eigenvalue weighted by atomic mass is 35.5. The van der Waals surface area contributed by atoms with Crippen molar-refractivity contribution in [1.82, 2.24) is 15.2 Å². The number of methoxy groups -OCH3 is 1. The number of hydrogen-bond donors (Lipinski definition) is 2. The predicted molar refractivity (Wildman–Crippen MR) is 122 cm³/mol. The van der Waals surface area contributed by atoms with Crippen molar-refractivity contribution in [2.24, 2.45) is 4.99 Å². The number of benzene rings is 1. The van der Waals surface area contributed by atoms with Crippen LogP contribution in [-0.2, 0) is 14.3 Å². The summed E-state index contributed by atoms with van der Waals surface area (Å²) >= 11 is 7.55. The maximum Gasteiger partial charge on any atom is 0.338 e. The molecule has 2 atom stereocenters. The lowest BCUT2D eigenvalue weighted by Crippen LogP contribution is -2.43. The van der Waals surface area contributed by atoms with Crippen LogP contribution in [0, 0.1) is 12.7 Å². The number of amidine groups is 1. The fraction of sp³-hybridized carbons (Fsp3) is 0.364. The van der Waals surface area contributed by atoms with Gasteiger partial charge in [-0.3, -0.25) is 14.7 Å². The molecule has 1 aromatic carbocycles. The zero-order valence-electron chi connectivity index (χ0n) is 18.5. The molecule has 35 heavy (non-hydrogen) atoms. The highest BCUT2D eigenvalue weighted by molar-refractivity contribution is 7.11. The average molecular weight is 529 g/mol. The molecule has 0 amide bonds. The molecule has 0 aliphatic carbocycles. The van der Waals surface area contributed by atoms with Gasteiger partial charge < -0.3 is 15.2 Å². The van der Waals surface area contributed by atoms with E-state index in [1.807, 2.05) is 0 Å².